The zero-order valence-electron chi connectivity index (χ0n) is 16.2. The van der Waals surface area contributed by atoms with Gasteiger partial charge in [0, 0.05) is 12.0 Å². The van der Waals surface area contributed by atoms with Crippen LogP contribution in [0.1, 0.15) is 42.1 Å². The SMILES string of the molecule is COc1cc(C2(F)CCNCC2)ccc1C1CC(Nc2cnc(C#N)cn2)NN1. The number of aromatic nitrogens is 2. The van der Waals surface area contributed by atoms with Crippen LogP contribution >= 0.6 is 0 Å². The van der Waals surface area contributed by atoms with Gasteiger partial charge in [0.2, 0.25) is 0 Å². The fourth-order valence-corrected chi connectivity index (χ4v) is 3.88. The highest BCUT2D eigenvalue weighted by atomic mass is 19.1. The maximum atomic E-state index is 15.3. The zero-order chi connectivity index (χ0) is 20.3. The second-order valence-electron chi connectivity index (χ2n) is 7.34. The fraction of sp³-hybridized carbons (Fsp3) is 0.450. The number of nitrogens with zero attached hydrogens (tertiary/aromatic N) is 3. The van der Waals surface area contributed by atoms with Crippen LogP contribution in [0.2, 0.25) is 0 Å². The number of hydrazine groups is 1. The summed E-state index contributed by atoms with van der Waals surface area (Å²) in [5.74, 6) is 1.26. The molecule has 1 aromatic heterocycles. The lowest BCUT2D eigenvalue weighted by Gasteiger charge is -2.31. The number of methoxy groups -OCH3 is 1. The van der Waals surface area contributed by atoms with Gasteiger partial charge in [-0.15, -0.1) is 0 Å². The number of hydrogen-bond acceptors (Lipinski definition) is 8. The Kier molecular flexibility index (Phi) is 5.58. The monoisotopic (exact) mass is 397 g/mol. The van der Waals surface area contributed by atoms with Gasteiger partial charge in [0.1, 0.15) is 23.3 Å². The average Bonchev–Trinajstić information content (AvgIpc) is 3.22. The van der Waals surface area contributed by atoms with E-state index in [0.29, 0.717) is 43.1 Å². The number of alkyl halides is 1. The number of benzene rings is 1. The van der Waals surface area contributed by atoms with Gasteiger partial charge < -0.3 is 15.4 Å². The van der Waals surface area contributed by atoms with E-state index in [9.17, 15) is 0 Å². The first-order valence-electron chi connectivity index (χ1n) is 9.69. The Bertz CT molecular complexity index is 893. The maximum Gasteiger partial charge on any atom is 0.158 e. The van der Waals surface area contributed by atoms with Crippen molar-refractivity contribution in [2.24, 2.45) is 0 Å². The van der Waals surface area contributed by atoms with Gasteiger partial charge in [0.15, 0.2) is 5.69 Å². The van der Waals surface area contributed by atoms with Crippen LogP contribution in [0.3, 0.4) is 0 Å². The lowest BCUT2D eigenvalue weighted by Crippen LogP contribution is -2.37. The van der Waals surface area contributed by atoms with Crippen molar-refractivity contribution in [1.29, 1.82) is 5.26 Å². The highest BCUT2D eigenvalue weighted by Crippen LogP contribution is 2.39. The van der Waals surface area contributed by atoms with Crippen LogP contribution in [0, 0.1) is 11.3 Å². The second kappa shape index (κ2) is 8.29. The normalized spacial score (nSPS) is 23.3. The lowest BCUT2D eigenvalue weighted by atomic mass is 9.85. The summed E-state index contributed by atoms with van der Waals surface area (Å²) in [7, 11) is 1.61. The van der Waals surface area contributed by atoms with E-state index in [-0.39, 0.29) is 17.9 Å². The number of hydrogen-bond donors (Lipinski definition) is 4. The van der Waals surface area contributed by atoms with Crippen molar-refractivity contribution < 1.29 is 9.13 Å². The Morgan fingerprint density at radius 2 is 2.07 bits per heavy atom. The average molecular weight is 397 g/mol. The van der Waals surface area contributed by atoms with Crippen molar-refractivity contribution in [2.45, 2.75) is 37.1 Å². The van der Waals surface area contributed by atoms with Gasteiger partial charge >= 0.3 is 0 Å². The minimum absolute atomic E-state index is 0.00794. The molecule has 2 aromatic rings. The Hall–Kier alpha value is -2.80. The summed E-state index contributed by atoms with van der Waals surface area (Å²) in [5, 5.41) is 15.2. The summed E-state index contributed by atoms with van der Waals surface area (Å²) in [6.45, 7) is 1.36. The van der Waals surface area contributed by atoms with Crippen molar-refractivity contribution in [1.82, 2.24) is 26.1 Å². The van der Waals surface area contributed by atoms with Crippen LogP contribution in [-0.4, -0.2) is 36.3 Å². The number of nitriles is 1. The maximum absolute atomic E-state index is 15.3. The summed E-state index contributed by atoms with van der Waals surface area (Å²) in [6.07, 6.45) is 4.54. The molecule has 1 aromatic carbocycles. The largest absolute Gasteiger partial charge is 0.496 e. The number of rotatable bonds is 5. The molecule has 3 heterocycles. The molecule has 29 heavy (non-hydrogen) atoms. The minimum Gasteiger partial charge on any atom is -0.496 e. The molecule has 2 unspecified atom stereocenters. The molecule has 0 bridgehead atoms. The van der Waals surface area contributed by atoms with E-state index >= 15 is 4.39 Å². The summed E-state index contributed by atoms with van der Waals surface area (Å²) in [4.78, 5) is 8.19. The third-order valence-corrected chi connectivity index (χ3v) is 5.51. The molecule has 0 amide bonds. The highest BCUT2D eigenvalue weighted by molar-refractivity contribution is 5.43. The van der Waals surface area contributed by atoms with Crippen molar-refractivity contribution >= 4 is 5.82 Å². The van der Waals surface area contributed by atoms with Crippen LogP contribution in [0.15, 0.2) is 30.6 Å². The molecule has 0 spiro atoms. The predicted molar refractivity (Wildman–Crippen MR) is 106 cm³/mol. The first-order chi connectivity index (χ1) is 14.1. The van der Waals surface area contributed by atoms with Crippen molar-refractivity contribution in [2.75, 3.05) is 25.5 Å². The number of ether oxygens (including phenoxy) is 1. The van der Waals surface area contributed by atoms with Gasteiger partial charge in [-0.25, -0.2) is 25.2 Å². The van der Waals surface area contributed by atoms with Crippen molar-refractivity contribution in [3.8, 4) is 11.8 Å². The second-order valence-corrected chi connectivity index (χ2v) is 7.34. The summed E-state index contributed by atoms with van der Waals surface area (Å²) < 4.78 is 20.9. The third-order valence-electron chi connectivity index (χ3n) is 5.51. The molecular formula is C20H24FN7O. The molecule has 4 rings (SSSR count). The molecule has 2 saturated heterocycles. The standard InChI is InChI=1S/C20H24FN7O/c1-29-17-8-13(20(21)4-6-23-7-5-20)2-3-15(17)16-9-18(28-27-16)26-19-12-24-14(10-22)11-25-19/h2-3,8,11-12,16,18,23,27-28H,4-7,9H2,1H3,(H,25,26). The summed E-state index contributed by atoms with van der Waals surface area (Å²) >= 11 is 0. The quantitative estimate of drug-likeness (QED) is 0.606. The Morgan fingerprint density at radius 1 is 1.24 bits per heavy atom. The predicted octanol–water partition coefficient (Wildman–Crippen LogP) is 1.88. The molecule has 2 atom stereocenters. The van der Waals surface area contributed by atoms with E-state index in [4.69, 9.17) is 10.00 Å². The van der Waals surface area contributed by atoms with E-state index in [1.54, 1.807) is 7.11 Å². The zero-order valence-corrected chi connectivity index (χ0v) is 16.2. The smallest absolute Gasteiger partial charge is 0.158 e. The lowest BCUT2D eigenvalue weighted by molar-refractivity contribution is 0.115. The first kappa shape index (κ1) is 19.5. The van der Waals surface area contributed by atoms with Gasteiger partial charge in [-0.1, -0.05) is 12.1 Å². The van der Waals surface area contributed by atoms with Gasteiger partial charge in [0.25, 0.3) is 0 Å². The molecule has 0 aliphatic carbocycles. The minimum atomic E-state index is -1.31. The Balaban J connectivity index is 1.46. The van der Waals surface area contributed by atoms with E-state index in [2.05, 4.69) is 31.5 Å². The number of halogens is 1. The molecule has 152 valence electrons. The van der Waals surface area contributed by atoms with Gasteiger partial charge in [-0.05, 0) is 37.6 Å². The molecule has 2 fully saturated rings. The summed E-state index contributed by atoms with van der Waals surface area (Å²) in [6, 6.07) is 7.58. The number of piperidine rings is 1. The van der Waals surface area contributed by atoms with Crippen LogP contribution in [0.5, 0.6) is 5.75 Å². The molecule has 0 radical (unpaired) electrons. The summed E-state index contributed by atoms with van der Waals surface area (Å²) in [5.41, 5.74) is 7.05. The van der Waals surface area contributed by atoms with E-state index < -0.39 is 5.67 Å². The molecule has 9 heteroatoms. The van der Waals surface area contributed by atoms with Crippen molar-refractivity contribution in [3.63, 3.8) is 0 Å². The van der Waals surface area contributed by atoms with Crippen LogP contribution in [0.4, 0.5) is 10.2 Å². The number of anilines is 1. The van der Waals surface area contributed by atoms with E-state index in [1.807, 2.05) is 24.3 Å². The van der Waals surface area contributed by atoms with Crippen LogP contribution < -0.4 is 26.2 Å². The first-order valence-corrected chi connectivity index (χ1v) is 9.69. The van der Waals surface area contributed by atoms with Gasteiger partial charge in [-0.3, -0.25) is 0 Å². The van der Waals surface area contributed by atoms with Crippen LogP contribution in [-0.2, 0) is 5.67 Å². The molecular weight excluding hydrogens is 373 g/mol. The highest BCUT2D eigenvalue weighted by Gasteiger charge is 2.35. The third kappa shape index (κ3) is 4.15. The van der Waals surface area contributed by atoms with Crippen LogP contribution in [0.25, 0.3) is 0 Å². The van der Waals surface area contributed by atoms with Gasteiger partial charge in [0.05, 0.1) is 31.7 Å². The molecule has 4 N–H and O–H groups in total. The Labute approximate surface area is 168 Å². The van der Waals surface area contributed by atoms with Crippen molar-refractivity contribution in [3.05, 3.63) is 47.4 Å². The molecule has 2 aliphatic heterocycles. The van der Waals surface area contributed by atoms with E-state index in [1.165, 1.54) is 12.4 Å². The molecule has 8 nitrogen and oxygen atoms in total. The van der Waals surface area contributed by atoms with Gasteiger partial charge in [-0.2, -0.15) is 5.26 Å². The molecule has 2 aliphatic rings. The molecule has 0 saturated carbocycles. The van der Waals surface area contributed by atoms with E-state index in [0.717, 1.165) is 12.0 Å². The Morgan fingerprint density at radius 3 is 2.76 bits per heavy atom. The fourth-order valence-electron chi connectivity index (χ4n) is 3.88. The topological polar surface area (TPSA) is 107 Å². The number of nitrogens with one attached hydrogen (secondary N) is 4.